The first-order chi connectivity index (χ1) is 13.2. The lowest BCUT2D eigenvalue weighted by Gasteiger charge is -2.16. The van der Waals surface area contributed by atoms with Gasteiger partial charge in [0.05, 0.1) is 16.6 Å². The number of amidine groups is 1. The van der Waals surface area contributed by atoms with Crippen molar-refractivity contribution in [2.75, 3.05) is 4.90 Å². The smallest absolute Gasteiger partial charge is 0.247 e. The molecular formula is C22H17ClN2OS. The maximum absolute atomic E-state index is 13.2. The minimum Gasteiger partial charge on any atom is -0.273 e. The van der Waals surface area contributed by atoms with E-state index in [9.17, 15) is 4.79 Å². The van der Waals surface area contributed by atoms with Gasteiger partial charge in [-0.3, -0.25) is 9.69 Å². The number of nitrogens with zero attached hydrogens (tertiary/aromatic N) is 2. The van der Waals surface area contributed by atoms with Crippen molar-refractivity contribution < 1.29 is 4.79 Å². The molecule has 3 aromatic rings. The van der Waals surface area contributed by atoms with Gasteiger partial charge in [0.25, 0.3) is 0 Å². The van der Waals surface area contributed by atoms with Crippen molar-refractivity contribution >= 4 is 45.8 Å². The molecule has 0 radical (unpaired) electrons. The maximum Gasteiger partial charge on any atom is 0.247 e. The third kappa shape index (κ3) is 4.07. The Hall–Kier alpha value is -2.56. The van der Waals surface area contributed by atoms with Crippen molar-refractivity contribution in [1.82, 2.24) is 0 Å². The van der Waals surface area contributed by atoms with E-state index in [-0.39, 0.29) is 11.2 Å². The molecule has 134 valence electrons. The first kappa shape index (κ1) is 17.8. The normalized spacial score (nSPS) is 18.3. The number of benzene rings is 3. The quantitative estimate of drug-likeness (QED) is 0.568. The van der Waals surface area contributed by atoms with E-state index < -0.39 is 0 Å². The maximum atomic E-state index is 13.2. The third-order valence-electron chi connectivity index (χ3n) is 4.26. The lowest BCUT2D eigenvalue weighted by molar-refractivity contribution is -0.116. The molecule has 27 heavy (non-hydrogen) atoms. The van der Waals surface area contributed by atoms with E-state index in [2.05, 4.69) is 0 Å². The first-order valence-corrected chi connectivity index (χ1v) is 9.90. The number of halogens is 1. The Morgan fingerprint density at radius 2 is 1.52 bits per heavy atom. The second-order valence-corrected chi connectivity index (χ2v) is 7.78. The summed E-state index contributed by atoms with van der Waals surface area (Å²) >= 11 is 7.48. The van der Waals surface area contributed by atoms with Crippen LogP contribution in [0.25, 0.3) is 0 Å². The second-order valence-electron chi connectivity index (χ2n) is 6.18. The van der Waals surface area contributed by atoms with E-state index in [1.54, 1.807) is 4.90 Å². The molecule has 0 spiro atoms. The fourth-order valence-corrected chi connectivity index (χ4v) is 4.26. The molecule has 0 saturated carbocycles. The Bertz CT molecular complexity index is 959. The van der Waals surface area contributed by atoms with Crippen molar-refractivity contribution in [3.63, 3.8) is 0 Å². The number of thioether (sulfide) groups is 1. The molecule has 0 aliphatic carbocycles. The van der Waals surface area contributed by atoms with Crippen molar-refractivity contribution in [3.05, 3.63) is 95.5 Å². The van der Waals surface area contributed by atoms with Gasteiger partial charge in [-0.1, -0.05) is 71.9 Å². The molecule has 1 saturated heterocycles. The molecule has 1 fully saturated rings. The molecular weight excluding hydrogens is 376 g/mol. The van der Waals surface area contributed by atoms with Gasteiger partial charge in [-0.2, -0.15) is 0 Å². The molecule has 1 aliphatic rings. The highest BCUT2D eigenvalue weighted by Crippen LogP contribution is 2.35. The summed E-state index contributed by atoms with van der Waals surface area (Å²) in [6.07, 6.45) is 0.637. The molecule has 1 heterocycles. The lowest BCUT2D eigenvalue weighted by Crippen LogP contribution is -2.32. The highest BCUT2D eigenvalue weighted by molar-refractivity contribution is 8.16. The molecule has 3 aromatic carbocycles. The molecule has 0 bridgehead atoms. The Morgan fingerprint density at radius 3 is 2.19 bits per heavy atom. The average Bonchev–Trinajstić information content (AvgIpc) is 3.00. The van der Waals surface area contributed by atoms with E-state index in [1.165, 1.54) is 11.8 Å². The fourth-order valence-electron chi connectivity index (χ4n) is 2.94. The van der Waals surface area contributed by atoms with Gasteiger partial charge in [0, 0.05) is 5.02 Å². The van der Waals surface area contributed by atoms with Crippen LogP contribution in [0.2, 0.25) is 5.02 Å². The highest BCUT2D eigenvalue weighted by atomic mass is 35.5. The Morgan fingerprint density at radius 1 is 0.889 bits per heavy atom. The first-order valence-electron chi connectivity index (χ1n) is 8.64. The van der Waals surface area contributed by atoms with Crippen molar-refractivity contribution in [2.24, 2.45) is 4.99 Å². The predicted molar refractivity (Wildman–Crippen MR) is 114 cm³/mol. The van der Waals surface area contributed by atoms with E-state index in [4.69, 9.17) is 16.6 Å². The van der Waals surface area contributed by atoms with Crippen LogP contribution < -0.4 is 4.90 Å². The molecule has 0 aromatic heterocycles. The highest BCUT2D eigenvalue weighted by Gasteiger charge is 2.38. The third-order valence-corrected chi connectivity index (χ3v) is 5.65. The van der Waals surface area contributed by atoms with Crippen LogP contribution in [0.5, 0.6) is 0 Å². The molecule has 1 atom stereocenters. The number of hydrogen-bond acceptors (Lipinski definition) is 3. The van der Waals surface area contributed by atoms with Crippen LogP contribution in [0.15, 0.2) is 89.9 Å². The van der Waals surface area contributed by atoms with E-state index in [1.807, 2.05) is 84.9 Å². The summed E-state index contributed by atoms with van der Waals surface area (Å²) in [7, 11) is 0. The Labute approximate surface area is 167 Å². The molecule has 3 nitrogen and oxygen atoms in total. The molecule has 1 aliphatic heterocycles. The summed E-state index contributed by atoms with van der Waals surface area (Å²) in [5.74, 6) is 0.0517. The minimum absolute atomic E-state index is 0.0517. The molecule has 0 N–H and O–H groups in total. The lowest BCUT2D eigenvalue weighted by atomic mass is 10.1. The Balaban J connectivity index is 1.67. The van der Waals surface area contributed by atoms with Crippen LogP contribution in [-0.4, -0.2) is 16.3 Å². The number of aliphatic imine (C=N–C) groups is 1. The topological polar surface area (TPSA) is 32.7 Å². The van der Waals surface area contributed by atoms with Crippen LogP contribution in [0.4, 0.5) is 11.4 Å². The van der Waals surface area contributed by atoms with Crippen LogP contribution in [-0.2, 0) is 11.2 Å². The zero-order chi connectivity index (χ0) is 18.6. The van der Waals surface area contributed by atoms with E-state index >= 15 is 0 Å². The summed E-state index contributed by atoms with van der Waals surface area (Å²) in [5, 5.41) is 1.19. The number of para-hydroxylation sites is 2. The minimum atomic E-state index is -0.214. The molecule has 5 heteroatoms. The predicted octanol–water partition coefficient (Wildman–Crippen LogP) is 5.72. The monoisotopic (exact) mass is 392 g/mol. The van der Waals surface area contributed by atoms with E-state index in [0.29, 0.717) is 16.6 Å². The van der Waals surface area contributed by atoms with Gasteiger partial charge in [-0.25, -0.2) is 4.99 Å². The van der Waals surface area contributed by atoms with Crippen molar-refractivity contribution in [2.45, 2.75) is 11.7 Å². The molecule has 0 unspecified atom stereocenters. The van der Waals surface area contributed by atoms with Gasteiger partial charge in [-0.15, -0.1) is 0 Å². The van der Waals surface area contributed by atoms with Gasteiger partial charge >= 0.3 is 0 Å². The van der Waals surface area contributed by atoms with Crippen LogP contribution in [0.3, 0.4) is 0 Å². The zero-order valence-electron chi connectivity index (χ0n) is 14.5. The number of carbonyl (C=O) groups is 1. The number of anilines is 1. The summed E-state index contributed by atoms with van der Waals surface area (Å²) < 4.78 is 0. The van der Waals surface area contributed by atoms with Gasteiger partial charge in [-0.05, 0) is 48.4 Å². The summed E-state index contributed by atoms with van der Waals surface area (Å²) in [4.78, 5) is 19.6. The summed E-state index contributed by atoms with van der Waals surface area (Å²) in [5.41, 5.74) is 2.75. The Kier molecular flexibility index (Phi) is 5.28. The number of rotatable bonds is 4. The average molecular weight is 393 g/mol. The summed E-state index contributed by atoms with van der Waals surface area (Å²) in [6, 6.07) is 27.0. The summed E-state index contributed by atoms with van der Waals surface area (Å²) in [6.45, 7) is 0. The molecule has 1 amide bonds. The standard InChI is InChI=1S/C22H17ClN2OS/c23-17-13-11-16(12-14-17)15-20-21(26)25(19-9-5-2-6-10-19)22(27-20)24-18-7-3-1-4-8-18/h1-14,20H,15H2/t20-/m1/s1. The number of amides is 1. The van der Waals surface area contributed by atoms with Crippen molar-refractivity contribution in [3.8, 4) is 0 Å². The van der Waals surface area contributed by atoms with Crippen LogP contribution in [0.1, 0.15) is 5.56 Å². The van der Waals surface area contributed by atoms with Gasteiger partial charge in [0.1, 0.15) is 0 Å². The van der Waals surface area contributed by atoms with Gasteiger partial charge < -0.3 is 0 Å². The van der Waals surface area contributed by atoms with Crippen LogP contribution >= 0.6 is 23.4 Å². The number of hydrogen-bond donors (Lipinski definition) is 0. The SMILES string of the molecule is O=C1[C@@H](Cc2ccc(Cl)cc2)SC(=Nc2ccccc2)N1c1ccccc1. The molecule has 4 rings (SSSR count). The number of carbonyl (C=O) groups excluding carboxylic acids is 1. The largest absolute Gasteiger partial charge is 0.273 e. The zero-order valence-corrected chi connectivity index (χ0v) is 16.0. The van der Waals surface area contributed by atoms with E-state index in [0.717, 1.165) is 16.9 Å². The fraction of sp³-hybridized carbons (Fsp3) is 0.0909. The van der Waals surface area contributed by atoms with Crippen LogP contribution in [0, 0.1) is 0 Å². The second kappa shape index (κ2) is 7.99. The van der Waals surface area contributed by atoms with Gasteiger partial charge in [0.15, 0.2) is 5.17 Å². The van der Waals surface area contributed by atoms with Gasteiger partial charge in [0.2, 0.25) is 5.91 Å². The van der Waals surface area contributed by atoms with Crippen molar-refractivity contribution in [1.29, 1.82) is 0 Å².